The van der Waals surface area contributed by atoms with Crippen molar-refractivity contribution in [1.29, 1.82) is 0 Å². The Hall–Kier alpha value is -1.52. The summed E-state index contributed by atoms with van der Waals surface area (Å²) in [7, 11) is 0. The highest BCUT2D eigenvalue weighted by atomic mass is 16.5. The number of fused-ring (bicyclic) bond motifs is 1. The molecule has 2 rings (SSSR count). The van der Waals surface area contributed by atoms with Crippen LogP contribution in [0, 0.1) is 0 Å². The zero-order valence-corrected chi connectivity index (χ0v) is 5.66. The van der Waals surface area contributed by atoms with Gasteiger partial charge >= 0.3 is 5.69 Å². The lowest BCUT2D eigenvalue weighted by Gasteiger charge is -1.95. The first-order valence-electron chi connectivity index (χ1n) is 3.24. The van der Waals surface area contributed by atoms with Crippen LogP contribution in [0.15, 0.2) is 15.7 Å². The Labute approximate surface area is 61.2 Å². The molecule has 1 aliphatic heterocycles. The van der Waals surface area contributed by atoms with Gasteiger partial charge in [0.1, 0.15) is 6.61 Å². The smallest absolute Gasteiger partial charge is 0.331 e. The van der Waals surface area contributed by atoms with Crippen LogP contribution in [-0.4, -0.2) is 16.2 Å². The van der Waals surface area contributed by atoms with Crippen LogP contribution >= 0.6 is 0 Å². The summed E-state index contributed by atoms with van der Waals surface area (Å²) >= 11 is 0. The van der Waals surface area contributed by atoms with E-state index in [1.54, 1.807) is 0 Å². The standard InChI is InChI=1S/C6H6N2O3/c9-4-3-5-8(1-2-11-5)6(10)7-4/h3H,1-2H2,(H,7,9,10). The molecule has 2 heterocycles. The summed E-state index contributed by atoms with van der Waals surface area (Å²) < 4.78 is 6.39. The molecule has 0 fully saturated rings. The minimum absolute atomic E-state index is 0.360. The quantitative estimate of drug-likeness (QED) is 0.517. The highest BCUT2D eigenvalue weighted by Gasteiger charge is 2.12. The first-order chi connectivity index (χ1) is 5.27. The molecular weight excluding hydrogens is 148 g/mol. The van der Waals surface area contributed by atoms with Gasteiger partial charge in [0.2, 0.25) is 5.88 Å². The van der Waals surface area contributed by atoms with E-state index in [9.17, 15) is 9.59 Å². The van der Waals surface area contributed by atoms with Gasteiger partial charge in [0.05, 0.1) is 12.6 Å². The van der Waals surface area contributed by atoms with Crippen molar-refractivity contribution in [3.05, 3.63) is 26.9 Å². The fraction of sp³-hybridized carbons (Fsp3) is 0.333. The second kappa shape index (κ2) is 1.98. The number of H-pyrrole nitrogens is 1. The molecule has 5 nitrogen and oxygen atoms in total. The van der Waals surface area contributed by atoms with E-state index in [0.29, 0.717) is 19.0 Å². The SMILES string of the molecule is O=c1cc2n(c(=O)[nH]1)CCO2. The van der Waals surface area contributed by atoms with Crippen LogP contribution in [0.25, 0.3) is 0 Å². The van der Waals surface area contributed by atoms with Crippen molar-refractivity contribution in [3.63, 3.8) is 0 Å². The lowest BCUT2D eigenvalue weighted by molar-refractivity contribution is 0.356. The van der Waals surface area contributed by atoms with E-state index in [1.165, 1.54) is 10.6 Å². The highest BCUT2D eigenvalue weighted by Crippen LogP contribution is 2.09. The van der Waals surface area contributed by atoms with E-state index < -0.39 is 11.2 Å². The molecule has 0 bridgehead atoms. The lowest BCUT2D eigenvalue weighted by atomic mass is 10.6. The number of nitrogens with one attached hydrogen (secondary N) is 1. The molecule has 0 aromatic carbocycles. The van der Waals surface area contributed by atoms with E-state index in [0.717, 1.165) is 0 Å². The normalized spacial score (nSPS) is 14.2. The maximum atomic E-state index is 11.0. The van der Waals surface area contributed by atoms with Crippen molar-refractivity contribution < 1.29 is 4.74 Å². The first-order valence-corrected chi connectivity index (χ1v) is 3.24. The Morgan fingerprint density at radius 1 is 1.55 bits per heavy atom. The summed E-state index contributed by atoms with van der Waals surface area (Å²) in [6, 6.07) is 1.27. The van der Waals surface area contributed by atoms with Gasteiger partial charge in [-0.25, -0.2) is 4.79 Å². The van der Waals surface area contributed by atoms with Crippen LogP contribution in [0.4, 0.5) is 0 Å². The Bertz CT molecular complexity index is 390. The minimum atomic E-state index is -0.414. The van der Waals surface area contributed by atoms with Crippen LogP contribution in [0.2, 0.25) is 0 Å². The molecule has 0 unspecified atom stereocenters. The van der Waals surface area contributed by atoms with Gasteiger partial charge in [-0.05, 0) is 0 Å². The summed E-state index contributed by atoms with van der Waals surface area (Å²) in [5, 5.41) is 0. The number of hydrogen-bond donors (Lipinski definition) is 1. The van der Waals surface area contributed by atoms with E-state index in [-0.39, 0.29) is 0 Å². The van der Waals surface area contributed by atoms with Crippen LogP contribution in [0.1, 0.15) is 0 Å². The number of hydrogen-bond acceptors (Lipinski definition) is 3. The molecule has 0 saturated carbocycles. The molecule has 1 aromatic rings. The van der Waals surface area contributed by atoms with Crippen LogP contribution in [-0.2, 0) is 6.54 Å². The number of aromatic amines is 1. The molecule has 1 aromatic heterocycles. The molecule has 0 spiro atoms. The summed E-state index contributed by atoms with van der Waals surface area (Å²) in [6.07, 6.45) is 0. The van der Waals surface area contributed by atoms with E-state index in [4.69, 9.17) is 4.74 Å². The molecule has 0 aliphatic carbocycles. The number of nitrogens with zero attached hydrogens (tertiary/aromatic N) is 1. The molecule has 0 saturated heterocycles. The number of aromatic nitrogens is 2. The van der Waals surface area contributed by atoms with Gasteiger partial charge in [0.15, 0.2) is 0 Å². The fourth-order valence-corrected chi connectivity index (χ4v) is 1.07. The van der Waals surface area contributed by atoms with E-state index in [2.05, 4.69) is 4.98 Å². The molecular formula is C6H6N2O3. The molecule has 0 radical (unpaired) electrons. The fourth-order valence-electron chi connectivity index (χ4n) is 1.07. The van der Waals surface area contributed by atoms with E-state index >= 15 is 0 Å². The van der Waals surface area contributed by atoms with Gasteiger partial charge in [-0.2, -0.15) is 0 Å². The van der Waals surface area contributed by atoms with Crippen molar-refractivity contribution in [2.75, 3.05) is 6.61 Å². The summed E-state index contributed by atoms with van der Waals surface area (Å²) in [5.41, 5.74) is -0.812. The average Bonchev–Trinajstić information content (AvgIpc) is 2.34. The van der Waals surface area contributed by atoms with Crippen molar-refractivity contribution in [1.82, 2.24) is 9.55 Å². The van der Waals surface area contributed by atoms with Gasteiger partial charge in [-0.15, -0.1) is 0 Å². The molecule has 1 aliphatic rings. The Kier molecular flexibility index (Phi) is 1.12. The molecule has 58 valence electrons. The van der Waals surface area contributed by atoms with Crippen molar-refractivity contribution in [2.24, 2.45) is 0 Å². The minimum Gasteiger partial charge on any atom is -0.477 e. The van der Waals surface area contributed by atoms with Crippen LogP contribution in [0.3, 0.4) is 0 Å². The second-order valence-corrected chi connectivity index (χ2v) is 2.28. The predicted octanol–water partition coefficient (Wildman–Crippen LogP) is -1.07. The third-order valence-electron chi connectivity index (χ3n) is 1.56. The largest absolute Gasteiger partial charge is 0.477 e. The number of ether oxygens (including phenoxy) is 1. The van der Waals surface area contributed by atoms with Gasteiger partial charge < -0.3 is 4.74 Å². The van der Waals surface area contributed by atoms with Gasteiger partial charge in [0, 0.05) is 0 Å². The van der Waals surface area contributed by atoms with Crippen LogP contribution < -0.4 is 16.0 Å². The molecule has 0 atom stereocenters. The molecule has 11 heavy (non-hydrogen) atoms. The highest BCUT2D eigenvalue weighted by molar-refractivity contribution is 5.10. The van der Waals surface area contributed by atoms with E-state index in [1.807, 2.05) is 0 Å². The van der Waals surface area contributed by atoms with Crippen molar-refractivity contribution in [3.8, 4) is 5.88 Å². The topological polar surface area (TPSA) is 64.1 Å². The Balaban J connectivity index is 2.80. The Morgan fingerprint density at radius 3 is 3.18 bits per heavy atom. The third-order valence-corrected chi connectivity index (χ3v) is 1.56. The zero-order valence-electron chi connectivity index (χ0n) is 5.66. The monoisotopic (exact) mass is 154 g/mol. The first kappa shape index (κ1) is 6.21. The molecule has 0 amide bonds. The van der Waals surface area contributed by atoms with Gasteiger partial charge in [0.25, 0.3) is 5.56 Å². The summed E-state index contributed by atoms with van der Waals surface area (Å²) in [4.78, 5) is 23.8. The molecule has 5 heteroatoms. The second-order valence-electron chi connectivity index (χ2n) is 2.28. The average molecular weight is 154 g/mol. The maximum Gasteiger partial charge on any atom is 0.331 e. The van der Waals surface area contributed by atoms with Gasteiger partial charge in [-0.3, -0.25) is 14.3 Å². The predicted molar refractivity (Wildman–Crippen MR) is 36.8 cm³/mol. The number of rotatable bonds is 0. The zero-order chi connectivity index (χ0) is 7.84. The summed E-state index contributed by atoms with van der Waals surface area (Å²) in [5.74, 6) is 0.360. The molecule has 1 N–H and O–H groups in total. The Morgan fingerprint density at radius 2 is 2.36 bits per heavy atom. The third kappa shape index (κ3) is 0.849. The maximum absolute atomic E-state index is 11.0. The lowest BCUT2D eigenvalue weighted by Crippen LogP contribution is -2.27. The van der Waals surface area contributed by atoms with Crippen LogP contribution in [0.5, 0.6) is 5.88 Å². The summed E-state index contributed by atoms with van der Waals surface area (Å²) in [6.45, 7) is 0.984. The van der Waals surface area contributed by atoms with Crippen molar-refractivity contribution >= 4 is 0 Å². The van der Waals surface area contributed by atoms with Gasteiger partial charge in [-0.1, -0.05) is 0 Å². The van der Waals surface area contributed by atoms with Crippen molar-refractivity contribution in [2.45, 2.75) is 6.54 Å².